The lowest BCUT2D eigenvalue weighted by atomic mass is 10.1. The molecule has 0 bridgehead atoms. The number of nitrogens with zero attached hydrogens (tertiary/aromatic N) is 1. The van der Waals surface area contributed by atoms with Gasteiger partial charge >= 0.3 is 0 Å². The zero-order chi connectivity index (χ0) is 10.0. The van der Waals surface area contributed by atoms with E-state index in [4.69, 9.17) is 5.73 Å². The SMILES string of the molecule is Cc1ncc(F)c(C(F)F)c1CN. The maximum atomic E-state index is 12.9. The fourth-order valence-electron chi connectivity index (χ4n) is 1.13. The van der Waals surface area contributed by atoms with E-state index in [2.05, 4.69) is 4.98 Å². The molecule has 1 rings (SSSR count). The van der Waals surface area contributed by atoms with Gasteiger partial charge in [-0.3, -0.25) is 4.98 Å². The van der Waals surface area contributed by atoms with Crippen LogP contribution in [-0.4, -0.2) is 4.98 Å². The predicted octanol–water partition coefficient (Wildman–Crippen LogP) is 1.93. The molecular weight excluding hydrogens is 181 g/mol. The van der Waals surface area contributed by atoms with E-state index in [0.717, 1.165) is 6.20 Å². The molecule has 1 aromatic rings. The van der Waals surface area contributed by atoms with Crippen LogP contribution >= 0.6 is 0 Å². The molecule has 0 amide bonds. The zero-order valence-electron chi connectivity index (χ0n) is 7.02. The van der Waals surface area contributed by atoms with Gasteiger partial charge in [0.1, 0.15) is 0 Å². The molecule has 72 valence electrons. The predicted molar refractivity (Wildman–Crippen MR) is 41.8 cm³/mol. The summed E-state index contributed by atoms with van der Waals surface area (Å²) in [5.74, 6) is -0.999. The van der Waals surface area contributed by atoms with Crippen LogP contribution in [0.25, 0.3) is 0 Å². The second-order valence-corrected chi connectivity index (χ2v) is 2.59. The van der Waals surface area contributed by atoms with Crippen molar-refractivity contribution in [3.05, 3.63) is 28.8 Å². The van der Waals surface area contributed by atoms with Crippen molar-refractivity contribution in [1.29, 1.82) is 0 Å². The molecule has 2 N–H and O–H groups in total. The Labute approximate surface area is 73.6 Å². The molecular formula is C8H9F3N2. The van der Waals surface area contributed by atoms with Crippen LogP contribution in [0.3, 0.4) is 0 Å². The third-order valence-corrected chi connectivity index (χ3v) is 1.81. The van der Waals surface area contributed by atoms with Crippen LogP contribution in [0.5, 0.6) is 0 Å². The number of alkyl halides is 2. The molecule has 0 aliphatic heterocycles. The molecule has 5 heteroatoms. The van der Waals surface area contributed by atoms with Crippen LogP contribution in [0, 0.1) is 12.7 Å². The first-order chi connectivity index (χ1) is 6.07. The lowest BCUT2D eigenvalue weighted by molar-refractivity contribution is 0.144. The number of hydrogen-bond donors (Lipinski definition) is 1. The monoisotopic (exact) mass is 190 g/mol. The minimum atomic E-state index is -2.85. The van der Waals surface area contributed by atoms with Gasteiger partial charge < -0.3 is 5.73 Å². The maximum absolute atomic E-state index is 12.9. The summed E-state index contributed by atoms with van der Waals surface area (Å²) in [5.41, 5.74) is 5.03. The van der Waals surface area contributed by atoms with Gasteiger partial charge in [-0.2, -0.15) is 0 Å². The molecule has 2 nitrogen and oxygen atoms in total. The van der Waals surface area contributed by atoms with Gasteiger partial charge in [0.05, 0.1) is 11.8 Å². The van der Waals surface area contributed by atoms with E-state index < -0.39 is 17.8 Å². The normalized spacial score (nSPS) is 10.9. The molecule has 0 unspecified atom stereocenters. The second-order valence-electron chi connectivity index (χ2n) is 2.59. The first-order valence-corrected chi connectivity index (χ1v) is 3.70. The molecule has 0 spiro atoms. The Bertz CT molecular complexity index is 313. The molecule has 0 saturated heterocycles. The van der Waals surface area contributed by atoms with E-state index in [1.807, 2.05) is 0 Å². The Morgan fingerprint density at radius 2 is 2.15 bits per heavy atom. The lowest BCUT2D eigenvalue weighted by Crippen LogP contribution is -2.08. The Morgan fingerprint density at radius 3 is 2.54 bits per heavy atom. The van der Waals surface area contributed by atoms with Gasteiger partial charge in [0, 0.05) is 12.2 Å². The molecule has 0 aliphatic rings. The van der Waals surface area contributed by atoms with Crippen LogP contribution in [0.2, 0.25) is 0 Å². The Morgan fingerprint density at radius 1 is 1.54 bits per heavy atom. The second kappa shape index (κ2) is 3.74. The third-order valence-electron chi connectivity index (χ3n) is 1.81. The lowest BCUT2D eigenvalue weighted by Gasteiger charge is -2.09. The van der Waals surface area contributed by atoms with Crippen molar-refractivity contribution in [2.45, 2.75) is 19.9 Å². The standard InChI is InChI=1S/C8H9F3N2/c1-4-5(2-12)7(8(10)11)6(9)3-13-4/h3,8H,2,12H2,1H3. The first-order valence-electron chi connectivity index (χ1n) is 3.70. The first kappa shape index (κ1) is 9.98. The summed E-state index contributed by atoms with van der Waals surface area (Å²) in [5, 5.41) is 0. The van der Waals surface area contributed by atoms with Gasteiger partial charge in [-0.1, -0.05) is 0 Å². The van der Waals surface area contributed by atoms with Crippen molar-refractivity contribution in [1.82, 2.24) is 4.98 Å². The quantitative estimate of drug-likeness (QED) is 0.773. The molecule has 13 heavy (non-hydrogen) atoms. The summed E-state index contributed by atoms with van der Waals surface area (Å²) < 4.78 is 37.5. The minimum Gasteiger partial charge on any atom is -0.326 e. The van der Waals surface area contributed by atoms with E-state index in [1.54, 1.807) is 0 Å². The fourth-order valence-corrected chi connectivity index (χ4v) is 1.13. The number of aromatic nitrogens is 1. The van der Waals surface area contributed by atoms with Crippen LogP contribution in [0.15, 0.2) is 6.20 Å². The number of rotatable bonds is 2. The number of nitrogens with two attached hydrogens (primary N) is 1. The van der Waals surface area contributed by atoms with Crippen LogP contribution in [0.4, 0.5) is 13.2 Å². The molecule has 0 aromatic carbocycles. The molecule has 0 aliphatic carbocycles. The number of pyridine rings is 1. The van der Waals surface area contributed by atoms with Gasteiger partial charge in [-0.25, -0.2) is 13.2 Å². The van der Waals surface area contributed by atoms with Crippen LogP contribution in [0.1, 0.15) is 23.2 Å². The maximum Gasteiger partial charge on any atom is 0.267 e. The molecule has 1 aromatic heterocycles. The van der Waals surface area contributed by atoms with Gasteiger partial charge in [0.2, 0.25) is 0 Å². The van der Waals surface area contributed by atoms with Crippen molar-refractivity contribution in [3.8, 4) is 0 Å². The highest BCUT2D eigenvalue weighted by Crippen LogP contribution is 2.26. The topological polar surface area (TPSA) is 38.9 Å². The van der Waals surface area contributed by atoms with Crippen molar-refractivity contribution in [2.75, 3.05) is 0 Å². The number of hydrogen-bond acceptors (Lipinski definition) is 2. The molecule has 0 atom stereocenters. The highest BCUT2D eigenvalue weighted by molar-refractivity contribution is 5.31. The summed E-state index contributed by atoms with van der Waals surface area (Å²) in [7, 11) is 0. The van der Waals surface area contributed by atoms with E-state index in [9.17, 15) is 13.2 Å². The van der Waals surface area contributed by atoms with Crippen molar-refractivity contribution >= 4 is 0 Å². The number of halogens is 3. The summed E-state index contributed by atoms with van der Waals surface area (Å²) in [6, 6.07) is 0. The van der Waals surface area contributed by atoms with Gasteiger partial charge in [0.15, 0.2) is 5.82 Å². The summed E-state index contributed by atoms with van der Waals surface area (Å²) in [6.45, 7) is 1.39. The molecule has 1 heterocycles. The van der Waals surface area contributed by atoms with Crippen molar-refractivity contribution in [2.24, 2.45) is 5.73 Å². The van der Waals surface area contributed by atoms with E-state index in [0.29, 0.717) is 5.69 Å². The Kier molecular flexibility index (Phi) is 2.87. The molecule has 0 fully saturated rings. The van der Waals surface area contributed by atoms with Gasteiger partial charge in [-0.15, -0.1) is 0 Å². The van der Waals surface area contributed by atoms with Crippen LogP contribution < -0.4 is 5.73 Å². The van der Waals surface area contributed by atoms with E-state index >= 15 is 0 Å². The fraction of sp³-hybridized carbons (Fsp3) is 0.375. The Hall–Kier alpha value is -1.10. The van der Waals surface area contributed by atoms with Gasteiger partial charge in [0.25, 0.3) is 6.43 Å². The highest BCUT2D eigenvalue weighted by atomic mass is 19.3. The van der Waals surface area contributed by atoms with E-state index in [-0.39, 0.29) is 12.1 Å². The highest BCUT2D eigenvalue weighted by Gasteiger charge is 2.19. The summed E-state index contributed by atoms with van der Waals surface area (Å²) in [4.78, 5) is 3.60. The van der Waals surface area contributed by atoms with Gasteiger partial charge in [-0.05, 0) is 12.5 Å². The van der Waals surface area contributed by atoms with Crippen LogP contribution in [-0.2, 0) is 6.54 Å². The Balaban J connectivity index is 3.35. The largest absolute Gasteiger partial charge is 0.326 e. The summed E-state index contributed by atoms with van der Waals surface area (Å²) in [6.07, 6.45) is -2.06. The van der Waals surface area contributed by atoms with Crippen molar-refractivity contribution in [3.63, 3.8) is 0 Å². The summed E-state index contributed by atoms with van der Waals surface area (Å²) >= 11 is 0. The average molecular weight is 190 g/mol. The van der Waals surface area contributed by atoms with Crippen molar-refractivity contribution < 1.29 is 13.2 Å². The minimum absolute atomic E-state index is 0.0926. The third kappa shape index (κ3) is 1.80. The van der Waals surface area contributed by atoms with E-state index in [1.165, 1.54) is 6.92 Å². The average Bonchev–Trinajstić information content (AvgIpc) is 2.07. The molecule has 0 radical (unpaired) electrons. The number of aryl methyl sites for hydroxylation is 1. The smallest absolute Gasteiger partial charge is 0.267 e. The zero-order valence-corrected chi connectivity index (χ0v) is 7.02. The molecule has 0 saturated carbocycles.